The third-order valence-electron chi connectivity index (χ3n) is 6.88. The zero-order chi connectivity index (χ0) is 26.6. The summed E-state index contributed by atoms with van der Waals surface area (Å²) in [4.78, 5) is 33.6. The summed E-state index contributed by atoms with van der Waals surface area (Å²) >= 11 is 1.37. The van der Waals surface area contributed by atoms with Gasteiger partial charge in [0.05, 0.1) is 17.5 Å². The number of carbonyl (C=O) groups is 1. The highest BCUT2D eigenvalue weighted by Gasteiger charge is 2.22. The Bertz CT molecular complexity index is 1130. The Kier molecular flexibility index (Phi) is 10.6. The lowest BCUT2D eigenvalue weighted by atomic mass is 9.95. The Morgan fingerprint density at radius 3 is 2.24 bits per heavy atom. The number of amides is 1. The summed E-state index contributed by atoms with van der Waals surface area (Å²) in [7, 11) is 0. The molecule has 0 bridgehead atoms. The molecule has 2 saturated carbocycles. The van der Waals surface area contributed by atoms with Crippen molar-refractivity contribution in [3.63, 3.8) is 0 Å². The molecule has 0 unspecified atom stereocenters. The van der Waals surface area contributed by atoms with Crippen molar-refractivity contribution < 1.29 is 9.72 Å². The number of aliphatic imine (C=N–C) groups is 2. The number of para-hydroxylation sites is 1. The second-order valence-corrected chi connectivity index (χ2v) is 10.7. The van der Waals surface area contributed by atoms with Crippen molar-refractivity contribution in [3.8, 4) is 0 Å². The molecule has 3 N–H and O–H groups in total. The highest BCUT2D eigenvalue weighted by Crippen LogP contribution is 2.24. The number of amidine groups is 2. The number of benzene rings is 2. The Morgan fingerprint density at radius 1 is 0.868 bits per heavy atom. The fourth-order valence-electron chi connectivity index (χ4n) is 4.83. The quantitative estimate of drug-likeness (QED) is 0.188. The molecular formula is C28H36N6O3S. The van der Waals surface area contributed by atoms with E-state index in [-0.39, 0.29) is 17.3 Å². The van der Waals surface area contributed by atoms with E-state index < -0.39 is 10.8 Å². The maximum atomic E-state index is 12.9. The Hall–Kier alpha value is -3.40. The van der Waals surface area contributed by atoms with Crippen LogP contribution in [0.2, 0.25) is 0 Å². The van der Waals surface area contributed by atoms with Gasteiger partial charge in [0.15, 0.2) is 10.3 Å². The van der Waals surface area contributed by atoms with E-state index in [0.717, 1.165) is 36.4 Å². The van der Waals surface area contributed by atoms with Crippen LogP contribution in [0, 0.1) is 10.1 Å². The van der Waals surface area contributed by atoms with Gasteiger partial charge in [-0.2, -0.15) is 0 Å². The van der Waals surface area contributed by atoms with Crippen molar-refractivity contribution >= 4 is 33.7 Å². The Morgan fingerprint density at radius 2 is 1.53 bits per heavy atom. The predicted octanol–water partition coefficient (Wildman–Crippen LogP) is 5.73. The van der Waals surface area contributed by atoms with E-state index in [2.05, 4.69) is 16.2 Å². The first-order chi connectivity index (χ1) is 18.6. The van der Waals surface area contributed by atoms with E-state index >= 15 is 0 Å². The molecule has 0 aliphatic heterocycles. The number of hydrogen-bond acceptors (Lipinski definition) is 6. The van der Waals surface area contributed by atoms with Crippen LogP contribution in [0.1, 0.15) is 80.1 Å². The molecule has 0 atom stereocenters. The van der Waals surface area contributed by atoms with Gasteiger partial charge < -0.3 is 5.32 Å². The number of thioether (sulfide) groups is 1. The van der Waals surface area contributed by atoms with Crippen LogP contribution in [-0.2, 0) is 6.54 Å². The molecule has 2 aromatic carbocycles. The molecule has 2 aliphatic rings. The van der Waals surface area contributed by atoms with Gasteiger partial charge in [0.2, 0.25) is 0 Å². The zero-order valence-electron chi connectivity index (χ0n) is 21.6. The SMILES string of the molecule is O=C(NNC(=NCc1ccccc1)SC(=NC1CCCCC1)NC1CCCCC1)c1ccccc1[N+](=O)[O-]. The molecule has 9 nitrogen and oxygen atoms in total. The zero-order valence-corrected chi connectivity index (χ0v) is 22.4. The average molecular weight is 537 g/mol. The van der Waals surface area contributed by atoms with Crippen molar-refractivity contribution in [2.75, 3.05) is 0 Å². The molecule has 2 aliphatic carbocycles. The van der Waals surface area contributed by atoms with Gasteiger partial charge in [-0.1, -0.05) is 81.0 Å². The summed E-state index contributed by atoms with van der Waals surface area (Å²) < 4.78 is 0. The number of carbonyl (C=O) groups excluding carboxylic acids is 1. The highest BCUT2D eigenvalue weighted by atomic mass is 32.2. The maximum absolute atomic E-state index is 12.9. The fraction of sp³-hybridized carbons (Fsp3) is 0.464. The van der Waals surface area contributed by atoms with Crippen molar-refractivity contribution in [2.45, 2.75) is 82.8 Å². The number of nitrogens with zero attached hydrogens (tertiary/aromatic N) is 3. The van der Waals surface area contributed by atoms with Crippen LogP contribution < -0.4 is 16.2 Å². The van der Waals surface area contributed by atoms with Gasteiger partial charge in [-0.05, 0) is 49.1 Å². The van der Waals surface area contributed by atoms with Gasteiger partial charge in [-0.3, -0.25) is 35.7 Å². The van der Waals surface area contributed by atoms with Crippen LogP contribution in [0.3, 0.4) is 0 Å². The monoisotopic (exact) mass is 536 g/mol. The van der Waals surface area contributed by atoms with E-state index in [1.165, 1.54) is 68.5 Å². The molecule has 2 aromatic rings. The number of nitro benzene ring substituents is 1. The van der Waals surface area contributed by atoms with Crippen LogP contribution in [0.4, 0.5) is 5.69 Å². The van der Waals surface area contributed by atoms with Crippen LogP contribution in [0.15, 0.2) is 64.6 Å². The van der Waals surface area contributed by atoms with Gasteiger partial charge in [0.1, 0.15) is 5.56 Å². The largest absolute Gasteiger partial charge is 0.362 e. The van der Waals surface area contributed by atoms with Crippen LogP contribution in [0.5, 0.6) is 0 Å². The minimum absolute atomic E-state index is 0.0196. The maximum Gasteiger partial charge on any atom is 0.282 e. The van der Waals surface area contributed by atoms with Gasteiger partial charge in [-0.25, -0.2) is 0 Å². The van der Waals surface area contributed by atoms with E-state index in [1.807, 2.05) is 30.3 Å². The lowest BCUT2D eigenvalue weighted by Gasteiger charge is -2.26. The molecule has 10 heteroatoms. The summed E-state index contributed by atoms with van der Waals surface area (Å²) in [6.45, 7) is 0.414. The van der Waals surface area contributed by atoms with Gasteiger partial charge in [0, 0.05) is 12.1 Å². The molecule has 0 radical (unpaired) electrons. The fourth-order valence-corrected chi connectivity index (χ4v) is 5.67. The molecule has 0 aromatic heterocycles. The first-order valence-corrected chi connectivity index (χ1v) is 14.3. The summed E-state index contributed by atoms with van der Waals surface area (Å²) in [5.74, 6) is -0.601. The third-order valence-corrected chi connectivity index (χ3v) is 7.72. The molecule has 4 rings (SSSR count). The van der Waals surface area contributed by atoms with Crippen LogP contribution in [0.25, 0.3) is 0 Å². The second-order valence-electron chi connectivity index (χ2n) is 9.77. The first kappa shape index (κ1) is 27.6. The summed E-state index contributed by atoms with van der Waals surface area (Å²) in [6.07, 6.45) is 11.7. The van der Waals surface area contributed by atoms with Crippen molar-refractivity contribution in [3.05, 3.63) is 75.8 Å². The number of nitrogens with one attached hydrogen (secondary N) is 3. The van der Waals surface area contributed by atoms with E-state index in [0.29, 0.717) is 17.8 Å². The molecular weight excluding hydrogens is 500 g/mol. The number of nitro groups is 1. The Labute approximate surface area is 228 Å². The first-order valence-electron chi connectivity index (χ1n) is 13.5. The average Bonchev–Trinajstić information content (AvgIpc) is 2.96. The van der Waals surface area contributed by atoms with Crippen molar-refractivity contribution in [2.24, 2.45) is 9.98 Å². The normalized spacial score (nSPS) is 17.6. The summed E-state index contributed by atoms with van der Waals surface area (Å²) in [5.41, 5.74) is 6.31. The molecule has 1 amide bonds. The predicted molar refractivity (Wildman–Crippen MR) is 153 cm³/mol. The molecule has 202 valence electrons. The second kappa shape index (κ2) is 14.5. The van der Waals surface area contributed by atoms with Crippen molar-refractivity contribution in [1.29, 1.82) is 0 Å². The standard InChI is InChI=1S/C28H36N6O3S/c35-26(24-18-10-11-19-25(24)34(36)37)32-33-27(29-20-21-12-4-1-5-13-21)38-28(30-22-14-6-2-7-15-22)31-23-16-8-3-9-17-23/h1,4-5,10-13,18-19,22-23H,2-3,6-9,14-17,20H2,(H,29,33)(H,30,31)(H,32,35). The van der Waals surface area contributed by atoms with Crippen LogP contribution >= 0.6 is 11.8 Å². The van der Waals surface area contributed by atoms with Crippen molar-refractivity contribution in [1.82, 2.24) is 16.2 Å². The van der Waals surface area contributed by atoms with E-state index in [1.54, 1.807) is 6.07 Å². The third kappa shape index (κ3) is 8.58. The molecule has 0 heterocycles. The smallest absolute Gasteiger partial charge is 0.282 e. The lowest BCUT2D eigenvalue weighted by molar-refractivity contribution is -0.385. The summed E-state index contributed by atoms with van der Waals surface area (Å²) in [6, 6.07) is 16.4. The van der Waals surface area contributed by atoms with E-state index in [9.17, 15) is 14.9 Å². The number of hydrazine groups is 1. The van der Waals surface area contributed by atoms with Gasteiger partial charge >= 0.3 is 0 Å². The summed E-state index contributed by atoms with van der Waals surface area (Å²) in [5, 5.41) is 16.3. The minimum atomic E-state index is -0.601. The van der Waals surface area contributed by atoms with Crippen LogP contribution in [-0.4, -0.2) is 33.2 Å². The molecule has 38 heavy (non-hydrogen) atoms. The topological polar surface area (TPSA) is 121 Å². The molecule has 0 spiro atoms. The highest BCUT2D eigenvalue weighted by molar-refractivity contribution is 8.26. The van der Waals surface area contributed by atoms with Gasteiger partial charge in [0.25, 0.3) is 11.6 Å². The van der Waals surface area contributed by atoms with Gasteiger partial charge in [-0.15, -0.1) is 0 Å². The Balaban J connectivity index is 1.53. The lowest BCUT2D eigenvalue weighted by Crippen LogP contribution is -2.43. The molecule has 0 saturated heterocycles. The number of rotatable bonds is 6. The number of hydrogen-bond donors (Lipinski definition) is 3. The molecule has 2 fully saturated rings. The van der Waals surface area contributed by atoms with E-state index in [4.69, 9.17) is 9.98 Å². The minimum Gasteiger partial charge on any atom is -0.362 e.